The Balaban J connectivity index is 1.74. The lowest BCUT2D eigenvalue weighted by Crippen LogP contribution is -2.25. The van der Waals surface area contributed by atoms with Gasteiger partial charge in [-0.15, -0.1) is 0 Å². The highest BCUT2D eigenvalue weighted by Gasteiger charge is 2.23. The molecule has 2 heterocycles. The van der Waals surface area contributed by atoms with E-state index in [0.29, 0.717) is 28.2 Å². The quantitative estimate of drug-likeness (QED) is 0.595. The van der Waals surface area contributed by atoms with Crippen molar-refractivity contribution in [1.82, 2.24) is 0 Å². The fourth-order valence-corrected chi connectivity index (χ4v) is 4.76. The van der Waals surface area contributed by atoms with Crippen LogP contribution in [0.15, 0.2) is 81.3 Å². The lowest BCUT2D eigenvalue weighted by molar-refractivity contribution is 0.484. The largest absolute Gasteiger partial charge is 0.443 e. The van der Waals surface area contributed by atoms with Crippen molar-refractivity contribution in [3.8, 4) is 0 Å². The summed E-state index contributed by atoms with van der Waals surface area (Å²) in [6.07, 6.45) is 4.32. The number of primary sulfonamides is 1. The standard InChI is InChI=1S/C19H16ClN3O5S2/c20-14-7-8-17(23-9-3-5-15(12-23)29(21,24)25)16(11-14)22-30(26,27)19-10-13-4-1-2-6-18(13)28-19/h1-8,10-12,22H,9H2,(H2,21,24,25). The molecule has 0 radical (unpaired) electrons. The molecule has 30 heavy (non-hydrogen) atoms. The van der Waals surface area contributed by atoms with Crippen LogP contribution in [0, 0.1) is 0 Å². The Bertz CT molecular complexity index is 1380. The highest BCUT2D eigenvalue weighted by Crippen LogP contribution is 2.33. The van der Waals surface area contributed by atoms with Crippen molar-refractivity contribution in [2.24, 2.45) is 5.14 Å². The molecular weight excluding hydrogens is 450 g/mol. The molecule has 0 unspecified atom stereocenters. The lowest BCUT2D eigenvalue weighted by atomic mass is 10.2. The SMILES string of the molecule is NS(=O)(=O)C1=CN(c2ccc(Cl)cc2NS(=O)(=O)c2cc3ccccc3o2)CC=C1. The summed E-state index contributed by atoms with van der Waals surface area (Å²) in [6, 6.07) is 12.9. The number of furan rings is 1. The number of halogens is 1. The maximum absolute atomic E-state index is 12.9. The van der Waals surface area contributed by atoms with Gasteiger partial charge in [-0.1, -0.05) is 35.9 Å². The van der Waals surface area contributed by atoms with Crippen LogP contribution in [0.1, 0.15) is 0 Å². The van der Waals surface area contributed by atoms with Crippen LogP contribution >= 0.6 is 11.6 Å². The first-order valence-electron chi connectivity index (χ1n) is 8.62. The number of nitrogens with zero attached hydrogens (tertiary/aromatic N) is 1. The molecule has 2 aromatic carbocycles. The molecule has 11 heteroatoms. The Morgan fingerprint density at radius 1 is 1.07 bits per heavy atom. The Kier molecular flexibility index (Phi) is 5.10. The average Bonchev–Trinajstić information content (AvgIpc) is 3.13. The van der Waals surface area contributed by atoms with E-state index in [0.717, 1.165) is 0 Å². The molecular formula is C19H16ClN3O5S2. The van der Waals surface area contributed by atoms with Gasteiger partial charge in [-0.25, -0.2) is 13.6 Å². The summed E-state index contributed by atoms with van der Waals surface area (Å²) in [7, 11) is -8.01. The molecule has 3 N–H and O–H groups in total. The number of fused-ring (bicyclic) bond motifs is 1. The maximum atomic E-state index is 12.9. The van der Waals surface area contributed by atoms with Gasteiger partial charge in [-0.2, -0.15) is 8.42 Å². The van der Waals surface area contributed by atoms with Gasteiger partial charge in [-0.05, 0) is 30.3 Å². The van der Waals surface area contributed by atoms with Crippen molar-refractivity contribution in [1.29, 1.82) is 0 Å². The van der Waals surface area contributed by atoms with Crippen LogP contribution in [-0.2, 0) is 20.0 Å². The fourth-order valence-electron chi connectivity index (χ4n) is 2.99. The first-order chi connectivity index (χ1) is 14.1. The van der Waals surface area contributed by atoms with Crippen molar-refractivity contribution < 1.29 is 21.3 Å². The number of hydrogen-bond donors (Lipinski definition) is 2. The highest BCUT2D eigenvalue weighted by atomic mass is 35.5. The number of nitrogens with one attached hydrogen (secondary N) is 1. The van der Waals surface area contributed by atoms with Crippen molar-refractivity contribution >= 4 is 54.0 Å². The van der Waals surface area contributed by atoms with Crippen LogP contribution < -0.4 is 14.8 Å². The van der Waals surface area contributed by atoms with Crippen LogP contribution in [-0.4, -0.2) is 23.4 Å². The minimum Gasteiger partial charge on any atom is -0.443 e. The molecule has 4 rings (SSSR count). The predicted molar refractivity (Wildman–Crippen MR) is 116 cm³/mol. The zero-order chi connectivity index (χ0) is 21.5. The monoisotopic (exact) mass is 465 g/mol. The van der Waals surface area contributed by atoms with Crippen LogP contribution in [0.4, 0.5) is 11.4 Å². The minimum absolute atomic E-state index is 0.102. The van der Waals surface area contributed by atoms with Crippen molar-refractivity contribution in [2.75, 3.05) is 16.2 Å². The van der Waals surface area contributed by atoms with Gasteiger partial charge in [0, 0.05) is 29.2 Å². The normalized spacial score (nSPS) is 14.7. The Hall–Kier alpha value is -2.79. The molecule has 0 saturated carbocycles. The third-order valence-electron chi connectivity index (χ3n) is 4.38. The molecule has 1 aromatic heterocycles. The molecule has 8 nitrogen and oxygen atoms in total. The van der Waals surface area contributed by atoms with Crippen molar-refractivity contribution in [2.45, 2.75) is 5.09 Å². The molecule has 0 bridgehead atoms. The van der Waals surface area contributed by atoms with E-state index in [1.165, 1.54) is 24.4 Å². The number of para-hydroxylation sites is 1. The zero-order valence-electron chi connectivity index (χ0n) is 15.3. The second-order valence-electron chi connectivity index (χ2n) is 6.50. The van der Waals surface area contributed by atoms with Gasteiger partial charge in [-0.3, -0.25) is 4.72 Å². The number of nitrogens with two attached hydrogens (primary N) is 1. The maximum Gasteiger partial charge on any atom is 0.295 e. The second-order valence-corrected chi connectivity index (χ2v) is 10.1. The van der Waals surface area contributed by atoms with Gasteiger partial charge in [0.2, 0.25) is 15.1 Å². The second kappa shape index (κ2) is 7.47. The molecule has 0 fully saturated rings. The third-order valence-corrected chi connectivity index (χ3v) is 6.73. The van der Waals surface area contributed by atoms with Gasteiger partial charge in [0.15, 0.2) is 0 Å². The highest BCUT2D eigenvalue weighted by molar-refractivity contribution is 7.93. The van der Waals surface area contributed by atoms with Crippen molar-refractivity contribution in [3.05, 3.63) is 76.8 Å². The molecule has 0 saturated heterocycles. The first kappa shape index (κ1) is 20.5. The Morgan fingerprint density at radius 2 is 1.83 bits per heavy atom. The van der Waals surface area contributed by atoms with E-state index in [9.17, 15) is 16.8 Å². The molecule has 1 aliphatic heterocycles. The Labute approximate surface area is 178 Å². The summed E-state index contributed by atoms with van der Waals surface area (Å²) in [5, 5.41) is 5.89. The molecule has 1 aliphatic rings. The summed E-state index contributed by atoms with van der Waals surface area (Å²) in [5.74, 6) is 0. The number of allylic oxidation sites excluding steroid dienone is 1. The topological polar surface area (TPSA) is 123 Å². The number of rotatable bonds is 5. The average molecular weight is 466 g/mol. The summed E-state index contributed by atoms with van der Waals surface area (Å²) >= 11 is 6.07. The van der Waals surface area contributed by atoms with Gasteiger partial charge >= 0.3 is 0 Å². The number of sulfonamides is 2. The van der Waals surface area contributed by atoms with Crippen LogP contribution in [0.2, 0.25) is 5.02 Å². The lowest BCUT2D eigenvalue weighted by Gasteiger charge is -2.25. The van der Waals surface area contributed by atoms with Gasteiger partial charge < -0.3 is 9.32 Å². The predicted octanol–water partition coefficient (Wildman–Crippen LogP) is 3.39. The van der Waals surface area contributed by atoms with E-state index >= 15 is 0 Å². The summed E-state index contributed by atoms with van der Waals surface area (Å²) in [4.78, 5) is 1.45. The van der Waals surface area contributed by atoms with E-state index in [4.69, 9.17) is 21.2 Å². The smallest absolute Gasteiger partial charge is 0.295 e. The van der Waals surface area contributed by atoms with E-state index in [-0.39, 0.29) is 15.7 Å². The molecule has 156 valence electrons. The summed E-state index contributed by atoms with van der Waals surface area (Å²) < 4.78 is 57.2. The number of anilines is 2. The number of benzene rings is 2. The molecule has 0 amide bonds. The minimum atomic E-state index is -4.08. The van der Waals surface area contributed by atoms with Crippen LogP contribution in [0.3, 0.4) is 0 Å². The van der Waals surface area contributed by atoms with E-state index < -0.39 is 20.0 Å². The van der Waals surface area contributed by atoms with Gasteiger partial charge in [0.05, 0.1) is 16.3 Å². The third kappa shape index (κ3) is 4.08. The van der Waals surface area contributed by atoms with E-state index in [1.807, 2.05) is 0 Å². The fraction of sp³-hybridized carbons (Fsp3) is 0.0526. The summed E-state index contributed by atoms with van der Waals surface area (Å²) in [5.41, 5.74) is 0.985. The van der Waals surface area contributed by atoms with Gasteiger partial charge in [0.25, 0.3) is 10.0 Å². The Morgan fingerprint density at radius 3 is 2.57 bits per heavy atom. The van der Waals surface area contributed by atoms with E-state index in [1.54, 1.807) is 47.4 Å². The number of hydrogen-bond acceptors (Lipinski definition) is 6. The summed E-state index contributed by atoms with van der Waals surface area (Å²) in [6.45, 7) is 0.306. The van der Waals surface area contributed by atoms with Gasteiger partial charge in [0.1, 0.15) is 5.58 Å². The van der Waals surface area contributed by atoms with E-state index in [2.05, 4.69) is 4.72 Å². The molecule has 0 atom stereocenters. The molecule has 0 spiro atoms. The van der Waals surface area contributed by atoms with Crippen LogP contribution in [0.5, 0.6) is 0 Å². The molecule has 3 aromatic rings. The first-order valence-corrected chi connectivity index (χ1v) is 12.0. The zero-order valence-corrected chi connectivity index (χ0v) is 17.7. The molecule has 0 aliphatic carbocycles. The van der Waals surface area contributed by atoms with Crippen LogP contribution in [0.25, 0.3) is 11.0 Å². The van der Waals surface area contributed by atoms with Crippen molar-refractivity contribution in [3.63, 3.8) is 0 Å².